The van der Waals surface area contributed by atoms with Gasteiger partial charge in [0.1, 0.15) is 0 Å². The summed E-state index contributed by atoms with van der Waals surface area (Å²) < 4.78 is 0. The second-order valence-electron chi connectivity index (χ2n) is 4.86. The monoisotopic (exact) mass is 236 g/mol. The fourth-order valence-electron chi connectivity index (χ4n) is 1.76. The quantitative estimate of drug-likeness (QED) is 0.820. The number of aryl methyl sites for hydroxylation is 1. The number of hydrogen-bond acceptors (Lipinski definition) is 4. The van der Waals surface area contributed by atoms with Crippen molar-refractivity contribution < 1.29 is 0 Å². The number of anilines is 1. The topological polar surface area (TPSA) is 41.1 Å². The molecule has 0 unspecified atom stereocenters. The highest BCUT2D eigenvalue weighted by Crippen LogP contribution is 2.10. The van der Waals surface area contributed by atoms with Gasteiger partial charge in [-0.1, -0.05) is 20.8 Å². The van der Waals surface area contributed by atoms with Crippen LogP contribution in [0, 0.1) is 12.8 Å². The molecule has 1 N–H and O–H groups in total. The third kappa shape index (κ3) is 4.69. The van der Waals surface area contributed by atoms with Crippen molar-refractivity contribution in [3.05, 3.63) is 17.5 Å². The Morgan fingerprint density at radius 3 is 2.65 bits per heavy atom. The standard InChI is InChI=1S/C13H24N4/c1-6-14-8-12-7-11(4)15-13(16-12)17(5)9-10(2)3/h7,10,14H,6,8-9H2,1-5H3. The van der Waals surface area contributed by atoms with Crippen molar-refractivity contribution in [1.82, 2.24) is 15.3 Å². The van der Waals surface area contributed by atoms with Crippen LogP contribution in [0.25, 0.3) is 0 Å². The van der Waals surface area contributed by atoms with Crippen LogP contribution in [0.4, 0.5) is 5.95 Å². The third-order valence-electron chi connectivity index (χ3n) is 2.43. The molecule has 4 nitrogen and oxygen atoms in total. The first-order chi connectivity index (χ1) is 8.02. The van der Waals surface area contributed by atoms with Crippen molar-refractivity contribution in [2.45, 2.75) is 34.2 Å². The van der Waals surface area contributed by atoms with E-state index in [1.807, 2.05) is 20.0 Å². The van der Waals surface area contributed by atoms with Gasteiger partial charge in [0, 0.05) is 25.8 Å². The normalized spacial score (nSPS) is 10.9. The van der Waals surface area contributed by atoms with E-state index in [1.54, 1.807) is 0 Å². The lowest BCUT2D eigenvalue weighted by Crippen LogP contribution is -2.25. The maximum atomic E-state index is 4.58. The first kappa shape index (κ1) is 13.9. The van der Waals surface area contributed by atoms with Crippen molar-refractivity contribution >= 4 is 5.95 Å². The van der Waals surface area contributed by atoms with Crippen molar-refractivity contribution in [2.24, 2.45) is 5.92 Å². The van der Waals surface area contributed by atoms with Gasteiger partial charge in [0.15, 0.2) is 0 Å². The number of hydrogen-bond donors (Lipinski definition) is 1. The van der Waals surface area contributed by atoms with Gasteiger partial charge < -0.3 is 10.2 Å². The predicted molar refractivity (Wildman–Crippen MR) is 72.3 cm³/mol. The molecule has 0 spiro atoms. The summed E-state index contributed by atoms with van der Waals surface area (Å²) in [5.41, 5.74) is 2.09. The second-order valence-corrected chi connectivity index (χ2v) is 4.86. The highest BCUT2D eigenvalue weighted by Gasteiger charge is 2.08. The van der Waals surface area contributed by atoms with Crippen molar-refractivity contribution in [3.63, 3.8) is 0 Å². The fourth-order valence-corrected chi connectivity index (χ4v) is 1.76. The lowest BCUT2D eigenvalue weighted by atomic mass is 10.2. The maximum Gasteiger partial charge on any atom is 0.225 e. The summed E-state index contributed by atoms with van der Waals surface area (Å²) in [4.78, 5) is 11.2. The van der Waals surface area contributed by atoms with Gasteiger partial charge in [-0.2, -0.15) is 0 Å². The first-order valence-electron chi connectivity index (χ1n) is 6.29. The molecule has 1 aromatic rings. The minimum atomic E-state index is 0.612. The predicted octanol–water partition coefficient (Wildman–Crippen LogP) is 1.99. The summed E-state index contributed by atoms with van der Waals surface area (Å²) in [5, 5.41) is 3.29. The van der Waals surface area contributed by atoms with Gasteiger partial charge in [-0.25, -0.2) is 9.97 Å². The lowest BCUT2D eigenvalue weighted by Gasteiger charge is -2.20. The maximum absolute atomic E-state index is 4.58. The molecule has 0 aliphatic heterocycles. The van der Waals surface area contributed by atoms with E-state index in [0.29, 0.717) is 5.92 Å². The molecule has 96 valence electrons. The van der Waals surface area contributed by atoms with Crippen LogP contribution >= 0.6 is 0 Å². The van der Waals surface area contributed by atoms with E-state index in [9.17, 15) is 0 Å². The van der Waals surface area contributed by atoms with Gasteiger partial charge in [-0.05, 0) is 25.5 Å². The second kappa shape index (κ2) is 6.55. The highest BCUT2D eigenvalue weighted by atomic mass is 15.2. The summed E-state index contributed by atoms with van der Waals surface area (Å²) in [6.07, 6.45) is 0. The Morgan fingerprint density at radius 2 is 2.06 bits per heavy atom. The van der Waals surface area contributed by atoms with Crippen molar-refractivity contribution in [3.8, 4) is 0 Å². The van der Waals surface area contributed by atoms with Crippen LogP contribution in [-0.2, 0) is 6.54 Å². The molecule has 0 radical (unpaired) electrons. The number of rotatable bonds is 6. The molecular weight excluding hydrogens is 212 g/mol. The molecule has 4 heteroatoms. The van der Waals surface area contributed by atoms with Gasteiger partial charge in [0.2, 0.25) is 5.95 Å². The fraction of sp³-hybridized carbons (Fsp3) is 0.692. The Balaban J connectivity index is 2.80. The van der Waals surface area contributed by atoms with Crippen LogP contribution in [0.5, 0.6) is 0 Å². The van der Waals surface area contributed by atoms with Gasteiger partial charge in [-0.15, -0.1) is 0 Å². The van der Waals surface area contributed by atoms with Crippen molar-refractivity contribution in [1.29, 1.82) is 0 Å². The minimum absolute atomic E-state index is 0.612. The third-order valence-corrected chi connectivity index (χ3v) is 2.43. The highest BCUT2D eigenvalue weighted by molar-refractivity contribution is 5.31. The molecule has 0 saturated heterocycles. The van der Waals surface area contributed by atoms with E-state index in [2.05, 4.69) is 41.0 Å². The van der Waals surface area contributed by atoms with Gasteiger partial charge >= 0.3 is 0 Å². The molecule has 0 atom stereocenters. The van der Waals surface area contributed by atoms with Crippen LogP contribution in [0.3, 0.4) is 0 Å². The Bertz CT molecular complexity index is 349. The average molecular weight is 236 g/mol. The average Bonchev–Trinajstić information content (AvgIpc) is 2.24. The summed E-state index contributed by atoms with van der Waals surface area (Å²) in [6, 6.07) is 2.04. The molecule has 1 rings (SSSR count). The van der Waals surface area contributed by atoms with Crippen LogP contribution in [0.15, 0.2) is 6.07 Å². The van der Waals surface area contributed by atoms with E-state index in [4.69, 9.17) is 0 Å². The van der Waals surface area contributed by atoms with Gasteiger partial charge in [0.05, 0.1) is 5.69 Å². The molecule has 1 heterocycles. The SMILES string of the molecule is CCNCc1cc(C)nc(N(C)CC(C)C)n1. The number of aromatic nitrogens is 2. The molecule has 0 saturated carbocycles. The number of nitrogens with zero attached hydrogens (tertiary/aromatic N) is 3. The van der Waals surface area contributed by atoms with Crippen LogP contribution in [0.1, 0.15) is 32.2 Å². The lowest BCUT2D eigenvalue weighted by molar-refractivity contribution is 0.626. The summed E-state index contributed by atoms with van der Waals surface area (Å²) in [6.45, 7) is 11.3. The van der Waals surface area contributed by atoms with E-state index >= 15 is 0 Å². The van der Waals surface area contributed by atoms with E-state index < -0.39 is 0 Å². The van der Waals surface area contributed by atoms with Crippen molar-refractivity contribution in [2.75, 3.05) is 25.0 Å². The largest absolute Gasteiger partial charge is 0.344 e. The van der Waals surface area contributed by atoms with Crippen LogP contribution in [-0.4, -0.2) is 30.1 Å². The molecule has 0 aliphatic carbocycles. The van der Waals surface area contributed by atoms with Gasteiger partial charge in [-0.3, -0.25) is 0 Å². The molecule has 17 heavy (non-hydrogen) atoms. The summed E-state index contributed by atoms with van der Waals surface area (Å²) in [5.74, 6) is 1.44. The number of nitrogens with one attached hydrogen (secondary N) is 1. The van der Waals surface area contributed by atoms with E-state index in [0.717, 1.165) is 37.0 Å². The molecule has 1 aromatic heterocycles. The molecule has 0 amide bonds. The summed E-state index contributed by atoms with van der Waals surface area (Å²) >= 11 is 0. The molecule has 0 bridgehead atoms. The summed E-state index contributed by atoms with van der Waals surface area (Å²) in [7, 11) is 2.05. The Kier molecular flexibility index (Phi) is 5.35. The van der Waals surface area contributed by atoms with Crippen LogP contribution < -0.4 is 10.2 Å². The Labute approximate surface area is 104 Å². The first-order valence-corrected chi connectivity index (χ1v) is 6.29. The molecule has 0 aromatic carbocycles. The van der Waals surface area contributed by atoms with E-state index in [1.165, 1.54) is 0 Å². The molecular formula is C13H24N4. The smallest absolute Gasteiger partial charge is 0.225 e. The van der Waals surface area contributed by atoms with E-state index in [-0.39, 0.29) is 0 Å². The zero-order chi connectivity index (χ0) is 12.8. The Morgan fingerprint density at radius 1 is 1.35 bits per heavy atom. The zero-order valence-electron chi connectivity index (χ0n) is 11.6. The molecule has 0 fully saturated rings. The zero-order valence-corrected chi connectivity index (χ0v) is 11.6. The molecule has 0 aliphatic rings. The minimum Gasteiger partial charge on any atom is -0.344 e. The Hall–Kier alpha value is -1.16. The van der Waals surface area contributed by atoms with Gasteiger partial charge in [0.25, 0.3) is 0 Å². The van der Waals surface area contributed by atoms with Crippen LogP contribution in [0.2, 0.25) is 0 Å².